The SMILES string of the molecule is Cc1nnsc1C(=O)N1CCCC(C2NNCC2c2ccc(F)cc2)C1. The number of halogens is 1. The van der Waals surface area contributed by atoms with Gasteiger partial charge < -0.3 is 4.90 Å². The quantitative estimate of drug-likeness (QED) is 0.860. The average molecular weight is 375 g/mol. The van der Waals surface area contributed by atoms with Crippen LogP contribution >= 0.6 is 11.5 Å². The number of hydrogen-bond acceptors (Lipinski definition) is 6. The van der Waals surface area contributed by atoms with Gasteiger partial charge in [0, 0.05) is 31.6 Å². The molecule has 0 saturated carbocycles. The Morgan fingerprint density at radius 1 is 1.35 bits per heavy atom. The molecule has 3 heterocycles. The third kappa shape index (κ3) is 3.36. The molecule has 2 aliphatic heterocycles. The van der Waals surface area contributed by atoms with Crippen LogP contribution in [0.3, 0.4) is 0 Å². The molecule has 2 saturated heterocycles. The van der Waals surface area contributed by atoms with Crippen molar-refractivity contribution >= 4 is 17.4 Å². The number of nitrogens with one attached hydrogen (secondary N) is 2. The number of hydrogen-bond donors (Lipinski definition) is 2. The second-order valence-electron chi connectivity index (χ2n) is 7.05. The summed E-state index contributed by atoms with van der Waals surface area (Å²) in [6.07, 6.45) is 2.05. The molecular formula is C18H22FN5OS. The number of aromatic nitrogens is 2. The van der Waals surface area contributed by atoms with E-state index in [1.165, 1.54) is 23.7 Å². The Labute approximate surface area is 155 Å². The highest BCUT2D eigenvalue weighted by Crippen LogP contribution is 2.32. The monoisotopic (exact) mass is 375 g/mol. The summed E-state index contributed by atoms with van der Waals surface area (Å²) in [5.41, 5.74) is 8.47. The molecule has 2 N–H and O–H groups in total. The Hall–Kier alpha value is -1.90. The van der Waals surface area contributed by atoms with Gasteiger partial charge in [0.1, 0.15) is 10.7 Å². The summed E-state index contributed by atoms with van der Waals surface area (Å²) >= 11 is 1.17. The molecule has 2 aromatic rings. The molecule has 8 heteroatoms. The van der Waals surface area contributed by atoms with E-state index in [1.54, 1.807) is 0 Å². The lowest BCUT2D eigenvalue weighted by molar-refractivity contribution is 0.0648. The number of amides is 1. The molecule has 1 amide bonds. The first-order valence-corrected chi connectivity index (χ1v) is 9.73. The van der Waals surface area contributed by atoms with Gasteiger partial charge in [0.15, 0.2) is 0 Å². The zero-order chi connectivity index (χ0) is 18.1. The molecule has 2 fully saturated rings. The van der Waals surface area contributed by atoms with Crippen LogP contribution in [0.5, 0.6) is 0 Å². The van der Waals surface area contributed by atoms with Gasteiger partial charge in [-0.1, -0.05) is 16.6 Å². The molecule has 4 rings (SSSR count). The van der Waals surface area contributed by atoms with E-state index in [9.17, 15) is 9.18 Å². The molecule has 0 aliphatic carbocycles. The lowest BCUT2D eigenvalue weighted by Crippen LogP contribution is -2.48. The predicted molar refractivity (Wildman–Crippen MR) is 97.3 cm³/mol. The molecule has 26 heavy (non-hydrogen) atoms. The van der Waals surface area contributed by atoms with E-state index in [0.29, 0.717) is 23.0 Å². The van der Waals surface area contributed by atoms with Crippen LogP contribution in [0, 0.1) is 18.7 Å². The maximum Gasteiger partial charge on any atom is 0.267 e. The van der Waals surface area contributed by atoms with Crippen molar-refractivity contribution in [3.63, 3.8) is 0 Å². The zero-order valence-corrected chi connectivity index (χ0v) is 15.4. The minimum Gasteiger partial charge on any atom is -0.338 e. The lowest BCUT2D eigenvalue weighted by Gasteiger charge is -2.37. The lowest BCUT2D eigenvalue weighted by atomic mass is 9.81. The Morgan fingerprint density at radius 3 is 2.88 bits per heavy atom. The largest absolute Gasteiger partial charge is 0.338 e. The van der Waals surface area contributed by atoms with Crippen molar-refractivity contribution in [2.24, 2.45) is 5.92 Å². The molecular weight excluding hydrogens is 353 g/mol. The fraction of sp³-hybridized carbons (Fsp3) is 0.500. The molecule has 0 spiro atoms. The van der Waals surface area contributed by atoms with Crippen molar-refractivity contribution in [1.29, 1.82) is 0 Å². The van der Waals surface area contributed by atoms with Crippen molar-refractivity contribution < 1.29 is 9.18 Å². The highest BCUT2D eigenvalue weighted by Gasteiger charge is 2.38. The van der Waals surface area contributed by atoms with Crippen LogP contribution in [-0.2, 0) is 0 Å². The Morgan fingerprint density at radius 2 is 2.15 bits per heavy atom. The standard InChI is InChI=1S/C18H22FN5OS/c1-11-17(26-23-21-11)18(25)24-8-2-3-13(10-24)16-15(9-20-22-16)12-4-6-14(19)7-5-12/h4-7,13,15-16,20,22H,2-3,8-10H2,1H3. The maximum absolute atomic E-state index is 13.2. The number of nitrogens with zero attached hydrogens (tertiary/aromatic N) is 3. The average Bonchev–Trinajstić information content (AvgIpc) is 3.31. The number of rotatable bonds is 3. The van der Waals surface area contributed by atoms with Crippen molar-refractivity contribution in [2.45, 2.75) is 31.7 Å². The number of aryl methyl sites for hydroxylation is 1. The molecule has 1 aromatic carbocycles. The van der Waals surface area contributed by atoms with Gasteiger partial charge in [-0.05, 0) is 54.9 Å². The van der Waals surface area contributed by atoms with Gasteiger partial charge in [-0.3, -0.25) is 15.6 Å². The minimum atomic E-state index is -0.216. The van der Waals surface area contributed by atoms with Crippen molar-refractivity contribution in [1.82, 2.24) is 25.3 Å². The molecule has 3 unspecified atom stereocenters. The molecule has 138 valence electrons. The Kier molecular flexibility index (Phi) is 4.97. The summed E-state index contributed by atoms with van der Waals surface area (Å²) in [6.45, 7) is 4.12. The molecule has 2 aliphatic rings. The van der Waals surface area contributed by atoms with Gasteiger partial charge in [-0.15, -0.1) is 5.10 Å². The number of likely N-dealkylation sites (tertiary alicyclic amines) is 1. The van der Waals surface area contributed by atoms with Crippen LogP contribution in [0.25, 0.3) is 0 Å². The fourth-order valence-electron chi connectivity index (χ4n) is 4.05. The number of carbonyl (C=O) groups is 1. The summed E-state index contributed by atoms with van der Waals surface area (Å²) in [4.78, 5) is 15.4. The van der Waals surface area contributed by atoms with E-state index < -0.39 is 0 Å². The zero-order valence-electron chi connectivity index (χ0n) is 14.6. The van der Waals surface area contributed by atoms with Crippen LogP contribution in [0.1, 0.15) is 39.7 Å². The first kappa shape index (κ1) is 17.5. The first-order chi connectivity index (χ1) is 12.6. The Balaban J connectivity index is 1.49. The number of carbonyl (C=O) groups excluding carboxylic acids is 1. The van der Waals surface area contributed by atoms with Crippen LogP contribution in [0.4, 0.5) is 4.39 Å². The summed E-state index contributed by atoms with van der Waals surface area (Å²) in [5.74, 6) is 0.431. The number of benzene rings is 1. The van der Waals surface area contributed by atoms with E-state index in [1.807, 2.05) is 24.0 Å². The predicted octanol–water partition coefficient (Wildman–Crippen LogP) is 2.10. The van der Waals surface area contributed by atoms with Crippen LogP contribution < -0.4 is 10.9 Å². The highest BCUT2D eigenvalue weighted by molar-refractivity contribution is 7.07. The molecule has 0 radical (unpaired) electrons. The van der Waals surface area contributed by atoms with Crippen molar-refractivity contribution in [2.75, 3.05) is 19.6 Å². The van der Waals surface area contributed by atoms with Crippen molar-refractivity contribution in [3.8, 4) is 0 Å². The van der Waals surface area contributed by atoms with Gasteiger partial charge in [-0.25, -0.2) is 4.39 Å². The van der Waals surface area contributed by atoms with Gasteiger partial charge in [0.25, 0.3) is 5.91 Å². The van der Waals surface area contributed by atoms with Crippen LogP contribution in [0.15, 0.2) is 24.3 Å². The minimum absolute atomic E-state index is 0.0338. The third-order valence-electron chi connectivity index (χ3n) is 5.42. The molecule has 3 atom stereocenters. The van der Waals surface area contributed by atoms with E-state index in [2.05, 4.69) is 20.4 Å². The van der Waals surface area contributed by atoms with Gasteiger partial charge in [-0.2, -0.15) is 0 Å². The highest BCUT2D eigenvalue weighted by atomic mass is 32.1. The molecule has 0 bridgehead atoms. The van der Waals surface area contributed by atoms with Gasteiger partial charge in [0.2, 0.25) is 0 Å². The van der Waals surface area contributed by atoms with Crippen molar-refractivity contribution in [3.05, 3.63) is 46.2 Å². The second kappa shape index (κ2) is 7.38. The Bertz CT molecular complexity index is 780. The molecule has 6 nitrogen and oxygen atoms in total. The summed E-state index contributed by atoms with van der Waals surface area (Å²) in [7, 11) is 0. The normalized spacial score (nSPS) is 26.2. The van der Waals surface area contributed by atoms with E-state index >= 15 is 0 Å². The maximum atomic E-state index is 13.2. The molecule has 1 aromatic heterocycles. The van der Waals surface area contributed by atoms with E-state index in [4.69, 9.17) is 0 Å². The third-order valence-corrected chi connectivity index (χ3v) is 6.24. The second-order valence-corrected chi connectivity index (χ2v) is 7.80. The summed E-state index contributed by atoms with van der Waals surface area (Å²) < 4.78 is 17.1. The van der Waals surface area contributed by atoms with E-state index in [0.717, 1.165) is 31.5 Å². The van der Waals surface area contributed by atoms with Gasteiger partial charge in [0.05, 0.1) is 5.69 Å². The summed E-state index contributed by atoms with van der Waals surface area (Å²) in [6, 6.07) is 6.97. The number of hydrazine groups is 1. The smallest absolute Gasteiger partial charge is 0.267 e. The first-order valence-electron chi connectivity index (χ1n) is 8.95. The van der Waals surface area contributed by atoms with E-state index in [-0.39, 0.29) is 23.7 Å². The number of piperidine rings is 1. The van der Waals surface area contributed by atoms with Crippen LogP contribution in [-0.4, -0.2) is 46.1 Å². The fourth-order valence-corrected chi connectivity index (χ4v) is 4.68. The topological polar surface area (TPSA) is 70.2 Å². The van der Waals surface area contributed by atoms with Gasteiger partial charge >= 0.3 is 0 Å². The van der Waals surface area contributed by atoms with Crippen LogP contribution in [0.2, 0.25) is 0 Å². The summed E-state index contributed by atoms with van der Waals surface area (Å²) in [5, 5.41) is 3.96.